The van der Waals surface area contributed by atoms with Gasteiger partial charge in [-0.3, -0.25) is 9.59 Å². The number of pyridine rings is 1. The van der Waals surface area contributed by atoms with Crippen molar-refractivity contribution in [3.05, 3.63) is 40.7 Å². The van der Waals surface area contributed by atoms with Gasteiger partial charge >= 0.3 is 5.97 Å². The summed E-state index contributed by atoms with van der Waals surface area (Å²) in [5.74, 6) is -2.09. The van der Waals surface area contributed by atoms with Crippen molar-refractivity contribution in [1.82, 2.24) is 9.47 Å². The van der Waals surface area contributed by atoms with Crippen LogP contribution in [0.5, 0.6) is 5.75 Å². The Morgan fingerprint density at radius 3 is 2.71 bits per heavy atom. The molecule has 1 aromatic carbocycles. The number of aromatic nitrogens is 1. The standard InChI is InChI=1S/C24H33N3O7/c25-7-13-31-14-15-32-19-4-2-18-3-5-22(28)27(21(18)16-19)10-9-26-8-6-24(20(17-26)23(29)30)33-11-1-12-34-24/h2-5,16,20H,1,6-15,17,25H2,(H,29,30). The van der Waals surface area contributed by atoms with E-state index in [-0.39, 0.29) is 5.56 Å². The molecule has 1 aromatic heterocycles. The summed E-state index contributed by atoms with van der Waals surface area (Å²) in [7, 11) is 0. The highest BCUT2D eigenvalue weighted by molar-refractivity contribution is 5.80. The van der Waals surface area contributed by atoms with Gasteiger partial charge in [-0.05, 0) is 30.0 Å². The Morgan fingerprint density at radius 2 is 1.94 bits per heavy atom. The molecule has 10 nitrogen and oxygen atoms in total. The van der Waals surface area contributed by atoms with Crippen molar-refractivity contribution >= 4 is 16.9 Å². The van der Waals surface area contributed by atoms with Crippen molar-refractivity contribution in [3.63, 3.8) is 0 Å². The van der Waals surface area contributed by atoms with Gasteiger partial charge in [-0.1, -0.05) is 0 Å². The Bertz CT molecular complexity index is 1030. The maximum Gasteiger partial charge on any atom is 0.313 e. The van der Waals surface area contributed by atoms with Crippen LogP contribution in [0.15, 0.2) is 35.1 Å². The summed E-state index contributed by atoms with van der Waals surface area (Å²) >= 11 is 0. The van der Waals surface area contributed by atoms with Gasteiger partial charge in [0, 0.05) is 51.3 Å². The molecule has 3 N–H and O–H groups in total. The molecule has 1 atom stereocenters. The number of carbonyl (C=O) groups is 1. The Hall–Kier alpha value is -2.50. The molecule has 0 saturated carbocycles. The van der Waals surface area contributed by atoms with E-state index in [2.05, 4.69) is 4.90 Å². The monoisotopic (exact) mass is 475 g/mol. The maximum atomic E-state index is 12.7. The van der Waals surface area contributed by atoms with Crippen LogP contribution in [0.4, 0.5) is 0 Å². The first-order chi connectivity index (χ1) is 16.5. The zero-order valence-electron chi connectivity index (χ0n) is 19.3. The normalized spacial score (nSPS) is 20.6. The van der Waals surface area contributed by atoms with Crippen LogP contribution in [0.25, 0.3) is 10.9 Å². The van der Waals surface area contributed by atoms with Gasteiger partial charge in [0.2, 0.25) is 0 Å². The van der Waals surface area contributed by atoms with Crippen molar-refractivity contribution in [1.29, 1.82) is 0 Å². The van der Waals surface area contributed by atoms with Crippen LogP contribution in [0.3, 0.4) is 0 Å². The fraction of sp³-hybridized carbons (Fsp3) is 0.583. The largest absolute Gasteiger partial charge is 0.491 e. The van der Waals surface area contributed by atoms with Crippen LogP contribution >= 0.6 is 0 Å². The van der Waals surface area contributed by atoms with Gasteiger partial charge in [0.15, 0.2) is 5.79 Å². The molecular formula is C24H33N3O7. The summed E-state index contributed by atoms with van der Waals surface area (Å²) in [6, 6.07) is 8.99. The van der Waals surface area contributed by atoms with E-state index in [1.165, 1.54) is 0 Å². The van der Waals surface area contributed by atoms with E-state index in [1.807, 2.05) is 18.2 Å². The second-order valence-electron chi connectivity index (χ2n) is 8.60. The molecule has 2 aromatic rings. The number of carboxylic acid groups (broad SMARTS) is 1. The molecule has 2 aliphatic heterocycles. The number of ether oxygens (including phenoxy) is 4. The number of nitrogens with two attached hydrogens (primary N) is 1. The smallest absolute Gasteiger partial charge is 0.313 e. The van der Waals surface area contributed by atoms with E-state index in [1.54, 1.807) is 16.7 Å². The number of likely N-dealkylation sites (tertiary alicyclic amines) is 1. The first-order valence-electron chi connectivity index (χ1n) is 11.8. The number of nitrogens with zero attached hydrogens (tertiary/aromatic N) is 2. The van der Waals surface area contributed by atoms with Crippen molar-refractivity contribution in [2.24, 2.45) is 11.7 Å². The van der Waals surface area contributed by atoms with E-state index in [0.29, 0.717) is 77.9 Å². The predicted molar refractivity (Wildman–Crippen MR) is 125 cm³/mol. The number of hydrogen-bond donors (Lipinski definition) is 2. The Kier molecular flexibility index (Phi) is 8.17. The Morgan fingerprint density at radius 1 is 1.15 bits per heavy atom. The second-order valence-corrected chi connectivity index (χ2v) is 8.60. The minimum atomic E-state index is -1.04. The van der Waals surface area contributed by atoms with Gasteiger partial charge in [-0.25, -0.2) is 0 Å². The number of aliphatic carboxylic acids is 1. The molecule has 10 heteroatoms. The third-order valence-corrected chi connectivity index (χ3v) is 6.39. The average Bonchev–Trinajstić information content (AvgIpc) is 2.84. The van der Waals surface area contributed by atoms with Gasteiger partial charge in [0.25, 0.3) is 5.56 Å². The molecule has 4 rings (SSSR count). The molecule has 34 heavy (non-hydrogen) atoms. The minimum absolute atomic E-state index is 0.113. The summed E-state index contributed by atoms with van der Waals surface area (Å²) in [4.78, 5) is 26.8. The first kappa shape index (κ1) is 24.6. The molecule has 2 saturated heterocycles. The lowest BCUT2D eigenvalue weighted by atomic mass is 9.89. The third kappa shape index (κ3) is 5.59. The number of fused-ring (bicyclic) bond motifs is 1. The van der Waals surface area contributed by atoms with Crippen molar-refractivity contribution in [2.75, 3.05) is 59.2 Å². The third-order valence-electron chi connectivity index (χ3n) is 6.39. The fourth-order valence-electron chi connectivity index (χ4n) is 4.62. The van der Waals surface area contributed by atoms with Crippen LogP contribution in [0.2, 0.25) is 0 Å². The van der Waals surface area contributed by atoms with E-state index in [4.69, 9.17) is 24.7 Å². The number of rotatable bonds is 10. The van der Waals surface area contributed by atoms with Crippen LogP contribution < -0.4 is 16.0 Å². The molecule has 1 unspecified atom stereocenters. The van der Waals surface area contributed by atoms with E-state index >= 15 is 0 Å². The molecular weight excluding hydrogens is 442 g/mol. The van der Waals surface area contributed by atoms with Gasteiger partial charge < -0.3 is 39.3 Å². The zero-order valence-corrected chi connectivity index (χ0v) is 19.3. The summed E-state index contributed by atoms with van der Waals surface area (Å²) in [6.45, 7) is 4.72. The van der Waals surface area contributed by atoms with Crippen molar-refractivity contribution in [3.8, 4) is 5.75 Å². The van der Waals surface area contributed by atoms with Gasteiger partial charge in [-0.15, -0.1) is 0 Å². The molecule has 0 amide bonds. The number of carboxylic acids is 1. The SMILES string of the molecule is NCCOCCOc1ccc2ccc(=O)n(CCN3CCC4(OCCCO4)C(C(=O)O)C3)c2c1. The van der Waals surface area contributed by atoms with Crippen molar-refractivity contribution in [2.45, 2.75) is 25.2 Å². The van der Waals surface area contributed by atoms with Crippen LogP contribution in [-0.2, 0) is 25.5 Å². The molecule has 2 fully saturated rings. The molecule has 0 bridgehead atoms. The van der Waals surface area contributed by atoms with Gasteiger partial charge in [0.05, 0.1) is 31.9 Å². The lowest BCUT2D eigenvalue weighted by Crippen LogP contribution is -2.59. The number of piperidine rings is 1. The molecule has 0 radical (unpaired) electrons. The molecule has 1 spiro atoms. The van der Waals surface area contributed by atoms with Crippen molar-refractivity contribution < 1.29 is 28.8 Å². The highest BCUT2D eigenvalue weighted by atomic mass is 16.7. The van der Waals surface area contributed by atoms with Gasteiger partial charge in [0.1, 0.15) is 18.3 Å². The number of hydrogen-bond acceptors (Lipinski definition) is 8. The second kappa shape index (κ2) is 11.3. The lowest BCUT2D eigenvalue weighted by molar-refractivity contribution is -0.306. The summed E-state index contributed by atoms with van der Waals surface area (Å²) in [6.07, 6.45) is 1.26. The molecule has 3 heterocycles. The first-order valence-corrected chi connectivity index (χ1v) is 11.8. The lowest BCUT2D eigenvalue weighted by Gasteiger charge is -2.47. The Balaban J connectivity index is 1.44. The molecule has 186 valence electrons. The summed E-state index contributed by atoms with van der Waals surface area (Å²) in [5, 5.41) is 10.7. The van der Waals surface area contributed by atoms with E-state index < -0.39 is 17.7 Å². The fourth-order valence-corrected chi connectivity index (χ4v) is 4.62. The highest BCUT2D eigenvalue weighted by Crippen LogP contribution is 2.35. The topological polar surface area (TPSA) is 125 Å². The zero-order chi connectivity index (χ0) is 24.0. The highest BCUT2D eigenvalue weighted by Gasteiger charge is 2.50. The van der Waals surface area contributed by atoms with Crippen LogP contribution in [0, 0.1) is 5.92 Å². The van der Waals surface area contributed by atoms with E-state index in [0.717, 1.165) is 17.3 Å². The van der Waals surface area contributed by atoms with E-state index in [9.17, 15) is 14.7 Å². The minimum Gasteiger partial charge on any atom is -0.491 e. The van der Waals surface area contributed by atoms with Gasteiger partial charge in [-0.2, -0.15) is 0 Å². The summed E-state index contributed by atoms with van der Waals surface area (Å²) in [5.41, 5.74) is 6.07. The van der Waals surface area contributed by atoms with Crippen LogP contribution in [0.1, 0.15) is 12.8 Å². The average molecular weight is 476 g/mol. The number of benzene rings is 1. The summed E-state index contributed by atoms with van der Waals surface area (Å²) < 4.78 is 24.5. The molecule has 0 aliphatic carbocycles. The predicted octanol–water partition coefficient (Wildman–Crippen LogP) is 0.895. The maximum absolute atomic E-state index is 12.7. The Labute approximate surface area is 198 Å². The quantitative estimate of drug-likeness (QED) is 0.482. The van der Waals surface area contributed by atoms with Crippen LogP contribution in [-0.4, -0.2) is 85.5 Å². The molecule has 2 aliphatic rings.